The van der Waals surface area contributed by atoms with Gasteiger partial charge in [0.25, 0.3) is 0 Å². The van der Waals surface area contributed by atoms with Gasteiger partial charge in [0.05, 0.1) is 30.2 Å². The Hall–Kier alpha value is -2.75. The molecular formula is C18H14O4. The van der Waals surface area contributed by atoms with Gasteiger partial charge >= 0.3 is 0 Å². The number of carbonyl (C=O) groups excluding carboxylic acids is 1. The zero-order valence-electron chi connectivity index (χ0n) is 12.0. The van der Waals surface area contributed by atoms with Crippen molar-refractivity contribution in [3.63, 3.8) is 0 Å². The Kier molecular flexibility index (Phi) is 2.89. The van der Waals surface area contributed by atoms with Crippen molar-refractivity contribution in [2.75, 3.05) is 13.7 Å². The van der Waals surface area contributed by atoms with Gasteiger partial charge in [-0.05, 0) is 35.9 Å². The van der Waals surface area contributed by atoms with E-state index < -0.39 is 0 Å². The molecular weight excluding hydrogens is 280 g/mol. The first-order chi connectivity index (χ1) is 10.8. The molecule has 3 aromatic rings. The van der Waals surface area contributed by atoms with Crippen LogP contribution in [0.25, 0.3) is 11.0 Å². The number of Topliss-reactive ketones (excluding diaryl/α,β-unsaturated/α-hetero) is 1. The van der Waals surface area contributed by atoms with E-state index in [4.69, 9.17) is 13.9 Å². The van der Waals surface area contributed by atoms with Gasteiger partial charge in [-0.3, -0.25) is 4.79 Å². The van der Waals surface area contributed by atoms with E-state index in [0.717, 1.165) is 22.3 Å². The number of carbonyl (C=O) groups is 1. The number of ether oxygens (including phenoxy) is 2. The molecule has 0 bridgehead atoms. The van der Waals surface area contributed by atoms with Crippen LogP contribution < -0.4 is 9.47 Å². The third-order valence-corrected chi connectivity index (χ3v) is 4.08. The second-order valence-electron chi connectivity index (χ2n) is 5.28. The number of rotatable bonds is 2. The van der Waals surface area contributed by atoms with Gasteiger partial charge in [0, 0.05) is 0 Å². The van der Waals surface area contributed by atoms with Crippen LogP contribution in [-0.2, 0) is 0 Å². The average Bonchev–Trinajstić information content (AvgIpc) is 3.04. The van der Waals surface area contributed by atoms with Crippen molar-refractivity contribution in [1.29, 1.82) is 0 Å². The second-order valence-corrected chi connectivity index (χ2v) is 5.28. The summed E-state index contributed by atoms with van der Waals surface area (Å²) in [5, 5.41) is 0.846. The van der Waals surface area contributed by atoms with E-state index in [1.54, 1.807) is 19.4 Å². The average molecular weight is 294 g/mol. The van der Waals surface area contributed by atoms with Crippen LogP contribution in [0, 0.1) is 0 Å². The number of hydrogen-bond acceptors (Lipinski definition) is 4. The summed E-state index contributed by atoms with van der Waals surface area (Å²) in [6.07, 6.45) is 1.61. The monoisotopic (exact) mass is 294 g/mol. The molecule has 4 heteroatoms. The zero-order valence-corrected chi connectivity index (χ0v) is 12.0. The molecule has 0 saturated carbocycles. The van der Waals surface area contributed by atoms with Gasteiger partial charge in [-0.1, -0.05) is 12.1 Å². The predicted molar refractivity (Wildman–Crippen MR) is 81.8 cm³/mol. The van der Waals surface area contributed by atoms with Gasteiger partial charge < -0.3 is 13.9 Å². The lowest BCUT2D eigenvalue weighted by molar-refractivity contribution is 0.0898. The summed E-state index contributed by atoms with van der Waals surface area (Å²) in [5.74, 6) is 1.19. The molecule has 0 radical (unpaired) electrons. The maximum Gasteiger partial charge on any atom is 0.177 e. The minimum atomic E-state index is -0.289. The smallest absolute Gasteiger partial charge is 0.177 e. The fourth-order valence-corrected chi connectivity index (χ4v) is 2.88. The molecule has 1 aliphatic rings. The van der Waals surface area contributed by atoms with E-state index in [1.807, 2.05) is 36.4 Å². The first-order valence-electron chi connectivity index (χ1n) is 7.09. The molecule has 2 aromatic carbocycles. The van der Waals surface area contributed by atoms with E-state index in [9.17, 15) is 4.79 Å². The van der Waals surface area contributed by atoms with Crippen molar-refractivity contribution in [3.05, 3.63) is 59.9 Å². The molecule has 22 heavy (non-hydrogen) atoms. The molecule has 0 amide bonds. The third kappa shape index (κ3) is 1.88. The van der Waals surface area contributed by atoms with Crippen LogP contribution in [0.3, 0.4) is 0 Å². The number of fused-ring (bicyclic) bond motifs is 3. The Balaban J connectivity index is 1.74. The Morgan fingerprint density at radius 3 is 2.68 bits per heavy atom. The van der Waals surface area contributed by atoms with Gasteiger partial charge in [0.15, 0.2) is 5.78 Å². The van der Waals surface area contributed by atoms with E-state index >= 15 is 0 Å². The van der Waals surface area contributed by atoms with E-state index in [-0.39, 0.29) is 11.7 Å². The van der Waals surface area contributed by atoms with E-state index in [2.05, 4.69) is 0 Å². The Morgan fingerprint density at radius 2 is 1.91 bits per heavy atom. The topological polar surface area (TPSA) is 48.7 Å². The standard InChI is InChI=1S/C18H14O4/c1-20-12-4-2-11(3-5-12)15-10-22-18-13-8-9-21-16(13)7-6-14(18)17(15)19/h2-9,15H,10H2,1H3. The second kappa shape index (κ2) is 4.91. The lowest BCUT2D eigenvalue weighted by Crippen LogP contribution is -2.26. The summed E-state index contributed by atoms with van der Waals surface area (Å²) < 4.78 is 16.4. The molecule has 1 aromatic heterocycles. The maximum absolute atomic E-state index is 12.8. The Labute approximate surface area is 127 Å². The van der Waals surface area contributed by atoms with E-state index in [1.165, 1.54) is 0 Å². The lowest BCUT2D eigenvalue weighted by atomic mass is 9.88. The van der Waals surface area contributed by atoms with Crippen LogP contribution in [0.15, 0.2) is 53.1 Å². The van der Waals surface area contributed by atoms with Crippen molar-refractivity contribution in [1.82, 2.24) is 0 Å². The molecule has 1 unspecified atom stereocenters. The SMILES string of the molecule is COc1ccc(C2COc3c(ccc4occc34)C2=O)cc1. The summed E-state index contributed by atoms with van der Waals surface area (Å²) >= 11 is 0. The van der Waals surface area contributed by atoms with Crippen LogP contribution in [0.4, 0.5) is 0 Å². The molecule has 4 nitrogen and oxygen atoms in total. The number of ketones is 1. The summed E-state index contributed by atoms with van der Waals surface area (Å²) in [7, 11) is 1.62. The first kappa shape index (κ1) is 13.0. The molecule has 0 spiro atoms. The van der Waals surface area contributed by atoms with Gasteiger partial charge in [0.2, 0.25) is 0 Å². The number of hydrogen-bond donors (Lipinski definition) is 0. The summed E-state index contributed by atoms with van der Waals surface area (Å²) in [4.78, 5) is 12.8. The number of benzene rings is 2. The lowest BCUT2D eigenvalue weighted by Gasteiger charge is -2.24. The minimum Gasteiger partial charge on any atom is -0.497 e. The molecule has 1 atom stereocenters. The zero-order chi connectivity index (χ0) is 15.1. The highest BCUT2D eigenvalue weighted by atomic mass is 16.5. The molecule has 1 aliphatic heterocycles. The highest BCUT2D eigenvalue weighted by Crippen LogP contribution is 2.38. The molecule has 4 rings (SSSR count). The van der Waals surface area contributed by atoms with Crippen LogP contribution in [0.5, 0.6) is 11.5 Å². The Morgan fingerprint density at radius 1 is 1.09 bits per heavy atom. The molecule has 0 aliphatic carbocycles. The fourth-order valence-electron chi connectivity index (χ4n) is 2.88. The van der Waals surface area contributed by atoms with Gasteiger partial charge in [-0.2, -0.15) is 0 Å². The van der Waals surface area contributed by atoms with Crippen molar-refractivity contribution in [2.24, 2.45) is 0 Å². The highest BCUT2D eigenvalue weighted by molar-refractivity contribution is 6.08. The molecule has 110 valence electrons. The minimum absolute atomic E-state index is 0.0783. The van der Waals surface area contributed by atoms with Crippen molar-refractivity contribution < 1.29 is 18.7 Å². The van der Waals surface area contributed by atoms with Crippen molar-refractivity contribution >= 4 is 16.8 Å². The largest absolute Gasteiger partial charge is 0.497 e. The van der Waals surface area contributed by atoms with Crippen LogP contribution in [-0.4, -0.2) is 19.5 Å². The van der Waals surface area contributed by atoms with Gasteiger partial charge in [-0.25, -0.2) is 0 Å². The number of methoxy groups -OCH3 is 1. The molecule has 2 heterocycles. The van der Waals surface area contributed by atoms with Crippen molar-refractivity contribution in [3.8, 4) is 11.5 Å². The maximum atomic E-state index is 12.8. The normalized spacial score (nSPS) is 17.1. The van der Waals surface area contributed by atoms with Crippen molar-refractivity contribution in [2.45, 2.75) is 5.92 Å². The predicted octanol–water partition coefficient (Wildman–Crippen LogP) is 3.80. The molecule has 0 N–H and O–H groups in total. The quantitative estimate of drug-likeness (QED) is 0.721. The molecule has 0 saturated heterocycles. The fraction of sp³-hybridized carbons (Fsp3) is 0.167. The molecule has 0 fully saturated rings. The summed E-state index contributed by atoms with van der Waals surface area (Å²) in [5.41, 5.74) is 2.28. The number of furan rings is 1. The van der Waals surface area contributed by atoms with Crippen LogP contribution in [0.1, 0.15) is 21.8 Å². The highest BCUT2D eigenvalue weighted by Gasteiger charge is 2.31. The first-order valence-corrected chi connectivity index (χ1v) is 7.09. The Bertz CT molecular complexity index is 845. The van der Waals surface area contributed by atoms with Gasteiger partial charge in [0.1, 0.15) is 23.7 Å². The van der Waals surface area contributed by atoms with Crippen LogP contribution in [0.2, 0.25) is 0 Å². The summed E-state index contributed by atoms with van der Waals surface area (Å²) in [6.45, 7) is 0.336. The van der Waals surface area contributed by atoms with E-state index in [0.29, 0.717) is 17.9 Å². The van der Waals surface area contributed by atoms with Gasteiger partial charge in [-0.15, -0.1) is 0 Å². The van der Waals surface area contributed by atoms with Crippen LogP contribution >= 0.6 is 0 Å². The third-order valence-electron chi connectivity index (χ3n) is 4.08. The summed E-state index contributed by atoms with van der Waals surface area (Å²) in [6, 6.07) is 13.0.